The van der Waals surface area contributed by atoms with Gasteiger partial charge in [0.15, 0.2) is 0 Å². The Bertz CT molecular complexity index is 483. The number of hydrogen-bond acceptors (Lipinski definition) is 5. The molecule has 1 fully saturated rings. The molecule has 0 aromatic rings. The molecular formula is C16H26N2O6. The lowest BCUT2D eigenvalue weighted by atomic mass is 9.97. The van der Waals surface area contributed by atoms with Crippen LogP contribution in [0.15, 0.2) is 0 Å². The van der Waals surface area contributed by atoms with Crippen molar-refractivity contribution >= 4 is 23.8 Å². The SMILES string of the molecule is COC(=O)C1CCN(C(=O)CCC(=O)N[C@H](C(=O)O)C(C)C)CC1. The summed E-state index contributed by atoms with van der Waals surface area (Å²) in [5.74, 6) is -2.37. The lowest BCUT2D eigenvalue weighted by molar-refractivity contribution is -0.149. The van der Waals surface area contributed by atoms with Crippen molar-refractivity contribution in [2.45, 2.75) is 45.6 Å². The smallest absolute Gasteiger partial charge is 0.326 e. The van der Waals surface area contributed by atoms with Crippen molar-refractivity contribution in [3.05, 3.63) is 0 Å². The largest absolute Gasteiger partial charge is 0.480 e. The number of nitrogens with zero attached hydrogens (tertiary/aromatic N) is 1. The average molecular weight is 342 g/mol. The van der Waals surface area contributed by atoms with E-state index in [0.29, 0.717) is 25.9 Å². The van der Waals surface area contributed by atoms with Crippen LogP contribution in [0.25, 0.3) is 0 Å². The first-order valence-electron chi connectivity index (χ1n) is 8.14. The molecule has 136 valence electrons. The molecule has 1 saturated heterocycles. The van der Waals surface area contributed by atoms with E-state index in [-0.39, 0.29) is 36.6 Å². The van der Waals surface area contributed by atoms with Crippen molar-refractivity contribution in [1.29, 1.82) is 0 Å². The number of aliphatic carboxylic acids is 1. The van der Waals surface area contributed by atoms with E-state index in [1.165, 1.54) is 7.11 Å². The van der Waals surface area contributed by atoms with Crippen LogP contribution in [-0.4, -0.2) is 60.0 Å². The maximum Gasteiger partial charge on any atom is 0.326 e. The Balaban J connectivity index is 2.37. The lowest BCUT2D eigenvalue weighted by Gasteiger charge is -2.30. The standard InChI is InChI=1S/C16H26N2O6/c1-10(2)14(15(21)22)17-12(19)4-5-13(20)18-8-6-11(7-9-18)16(23)24-3/h10-11,14H,4-9H2,1-3H3,(H,17,19)(H,21,22)/t14-/m0/s1. The van der Waals surface area contributed by atoms with Gasteiger partial charge in [-0.05, 0) is 18.8 Å². The monoisotopic (exact) mass is 342 g/mol. The van der Waals surface area contributed by atoms with Gasteiger partial charge in [-0.1, -0.05) is 13.8 Å². The zero-order valence-corrected chi connectivity index (χ0v) is 14.4. The molecule has 1 aliphatic rings. The number of hydrogen-bond donors (Lipinski definition) is 2. The minimum Gasteiger partial charge on any atom is -0.480 e. The first kappa shape index (κ1) is 19.9. The number of nitrogens with one attached hydrogen (secondary N) is 1. The molecule has 0 aliphatic carbocycles. The van der Waals surface area contributed by atoms with Crippen LogP contribution in [0.4, 0.5) is 0 Å². The van der Waals surface area contributed by atoms with E-state index in [4.69, 9.17) is 9.84 Å². The summed E-state index contributed by atoms with van der Waals surface area (Å²) < 4.78 is 4.70. The first-order chi connectivity index (χ1) is 11.3. The fourth-order valence-electron chi connectivity index (χ4n) is 2.67. The van der Waals surface area contributed by atoms with Crippen LogP contribution in [0.3, 0.4) is 0 Å². The molecule has 1 atom stereocenters. The number of piperidine rings is 1. The van der Waals surface area contributed by atoms with Gasteiger partial charge < -0.3 is 20.1 Å². The quantitative estimate of drug-likeness (QED) is 0.648. The summed E-state index contributed by atoms with van der Waals surface area (Å²) in [7, 11) is 1.35. The highest BCUT2D eigenvalue weighted by Gasteiger charge is 2.28. The van der Waals surface area contributed by atoms with Gasteiger partial charge in [0.25, 0.3) is 0 Å². The summed E-state index contributed by atoms with van der Waals surface area (Å²) in [4.78, 5) is 48.1. The van der Waals surface area contributed by atoms with Gasteiger partial charge in [-0.2, -0.15) is 0 Å². The Kier molecular flexibility index (Phi) is 7.67. The molecule has 24 heavy (non-hydrogen) atoms. The van der Waals surface area contributed by atoms with Crippen LogP contribution in [0.2, 0.25) is 0 Å². The molecular weight excluding hydrogens is 316 g/mol. The van der Waals surface area contributed by atoms with Crippen molar-refractivity contribution < 1.29 is 29.0 Å². The van der Waals surface area contributed by atoms with Crippen LogP contribution in [-0.2, 0) is 23.9 Å². The number of carboxylic acid groups (broad SMARTS) is 1. The second-order valence-corrected chi connectivity index (χ2v) is 6.31. The molecule has 8 heteroatoms. The third-order valence-electron chi connectivity index (χ3n) is 4.20. The van der Waals surface area contributed by atoms with Crippen molar-refractivity contribution in [1.82, 2.24) is 10.2 Å². The molecule has 1 heterocycles. The summed E-state index contributed by atoms with van der Waals surface area (Å²) in [6.45, 7) is 4.33. The predicted molar refractivity (Wildman–Crippen MR) is 85.0 cm³/mol. The average Bonchev–Trinajstić information content (AvgIpc) is 2.56. The Morgan fingerprint density at radius 1 is 1.17 bits per heavy atom. The number of amides is 2. The molecule has 0 unspecified atom stereocenters. The summed E-state index contributed by atoms with van der Waals surface area (Å²) in [5.41, 5.74) is 0. The Hall–Kier alpha value is -2.12. The number of esters is 1. The highest BCUT2D eigenvalue weighted by molar-refractivity contribution is 5.87. The predicted octanol–water partition coefficient (Wildman–Crippen LogP) is 0.404. The van der Waals surface area contributed by atoms with Gasteiger partial charge in [-0.25, -0.2) is 4.79 Å². The summed E-state index contributed by atoms with van der Waals surface area (Å²) in [6.07, 6.45) is 1.09. The molecule has 0 aromatic heterocycles. The zero-order valence-electron chi connectivity index (χ0n) is 14.4. The number of carbonyl (C=O) groups is 4. The highest BCUT2D eigenvalue weighted by Crippen LogP contribution is 2.19. The van der Waals surface area contributed by atoms with Gasteiger partial charge in [-0.3, -0.25) is 14.4 Å². The van der Waals surface area contributed by atoms with Crippen molar-refractivity contribution in [3.63, 3.8) is 0 Å². The number of carbonyl (C=O) groups excluding carboxylic acids is 3. The minimum absolute atomic E-state index is 0.0269. The van der Waals surface area contributed by atoms with Crippen molar-refractivity contribution in [2.24, 2.45) is 11.8 Å². The molecule has 0 radical (unpaired) electrons. The molecule has 0 aromatic carbocycles. The van der Waals surface area contributed by atoms with E-state index in [0.717, 1.165) is 0 Å². The second-order valence-electron chi connectivity index (χ2n) is 6.31. The van der Waals surface area contributed by atoms with Gasteiger partial charge in [0.05, 0.1) is 13.0 Å². The lowest BCUT2D eigenvalue weighted by Crippen LogP contribution is -2.45. The van der Waals surface area contributed by atoms with Crippen molar-refractivity contribution in [2.75, 3.05) is 20.2 Å². The molecule has 8 nitrogen and oxygen atoms in total. The molecule has 2 amide bonds. The topological polar surface area (TPSA) is 113 Å². The van der Waals surface area contributed by atoms with E-state index in [9.17, 15) is 19.2 Å². The molecule has 1 aliphatic heterocycles. The third kappa shape index (κ3) is 5.82. The maximum absolute atomic E-state index is 12.1. The molecule has 0 saturated carbocycles. The summed E-state index contributed by atoms with van der Waals surface area (Å²) in [6, 6.07) is -0.955. The Morgan fingerprint density at radius 3 is 2.21 bits per heavy atom. The summed E-state index contributed by atoms with van der Waals surface area (Å²) >= 11 is 0. The van der Waals surface area contributed by atoms with Crippen molar-refractivity contribution in [3.8, 4) is 0 Å². The second kappa shape index (κ2) is 9.24. The van der Waals surface area contributed by atoms with Gasteiger partial charge in [-0.15, -0.1) is 0 Å². The van der Waals surface area contributed by atoms with Crippen LogP contribution >= 0.6 is 0 Å². The number of methoxy groups -OCH3 is 1. The highest BCUT2D eigenvalue weighted by atomic mass is 16.5. The van der Waals surface area contributed by atoms with Crippen LogP contribution in [0.5, 0.6) is 0 Å². The normalized spacial score (nSPS) is 16.6. The number of rotatable bonds is 7. The van der Waals surface area contributed by atoms with E-state index in [2.05, 4.69) is 5.32 Å². The fraction of sp³-hybridized carbons (Fsp3) is 0.750. The van der Waals surface area contributed by atoms with E-state index in [1.807, 2.05) is 0 Å². The minimum atomic E-state index is -1.09. The Morgan fingerprint density at radius 2 is 1.75 bits per heavy atom. The van der Waals surface area contributed by atoms with E-state index in [1.54, 1.807) is 18.7 Å². The maximum atomic E-state index is 12.1. The van der Waals surface area contributed by atoms with Crippen LogP contribution in [0, 0.1) is 11.8 Å². The first-order valence-corrected chi connectivity index (χ1v) is 8.14. The number of likely N-dealkylation sites (tertiary alicyclic amines) is 1. The number of ether oxygens (including phenoxy) is 1. The van der Waals surface area contributed by atoms with Gasteiger partial charge in [0.2, 0.25) is 11.8 Å². The van der Waals surface area contributed by atoms with Gasteiger partial charge >= 0.3 is 11.9 Å². The van der Waals surface area contributed by atoms with E-state index >= 15 is 0 Å². The van der Waals surface area contributed by atoms with E-state index < -0.39 is 17.9 Å². The molecule has 1 rings (SSSR count). The van der Waals surface area contributed by atoms with Gasteiger partial charge in [0, 0.05) is 25.9 Å². The van der Waals surface area contributed by atoms with Crippen LogP contribution in [0.1, 0.15) is 39.5 Å². The molecule has 2 N–H and O–H groups in total. The number of carboxylic acids is 1. The fourth-order valence-corrected chi connectivity index (χ4v) is 2.67. The van der Waals surface area contributed by atoms with Crippen LogP contribution < -0.4 is 5.32 Å². The summed E-state index contributed by atoms with van der Waals surface area (Å²) in [5, 5.41) is 11.5. The third-order valence-corrected chi connectivity index (χ3v) is 4.20. The molecule has 0 spiro atoms. The molecule has 0 bridgehead atoms. The van der Waals surface area contributed by atoms with Gasteiger partial charge in [0.1, 0.15) is 6.04 Å². The Labute approximate surface area is 141 Å². The zero-order chi connectivity index (χ0) is 18.3.